The van der Waals surface area contributed by atoms with Gasteiger partial charge in [0.1, 0.15) is 12.1 Å². The predicted octanol–water partition coefficient (Wildman–Crippen LogP) is 2.25. The number of allylic oxidation sites excluding steroid dienone is 1. The molecule has 158 valence electrons. The van der Waals surface area contributed by atoms with Crippen molar-refractivity contribution in [1.82, 2.24) is 25.6 Å². The Labute approximate surface area is 175 Å². The van der Waals surface area contributed by atoms with Crippen molar-refractivity contribution in [2.75, 3.05) is 0 Å². The zero-order chi connectivity index (χ0) is 22.1. The Kier molecular flexibility index (Phi) is 5.07. The van der Waals surface area contributed by atoms with Crippen molar-refractivity contribution in [2.45, 2.75) is 19.6 Å². The number of urea groups is 1. The molecule has 4 rings (SSSR count). The van der Waals surface area contributed by atoms with E-state index in [9.17, 15) is 19.7 Å². The number of fused-ring (bicyclic) bond motifs is 1. The van der Waals surface area contributed by atoms with Gasteiger partial charge in [-0.05, 0) is 30.2 Å². The number of aryl methyl sites for hydroxylation is 1. The molecular weight excluding hydrogens is 404 g/mol. The van der Waals surface area contributed by atoms with Crippen LogP contribution in [0.3, 0.4) is 0 Å². The predicted molar refractivity (Wildman–Crippen MR) is 109 cm³/mol. The van der Waals surface area contributed by atoms with E-state index < -0.39 is 23.0 Å². The Morgan fingerprint density at radius 1 is 1.29 bits per heavy atom. The van der Waals surface area contributed by atoms with Crippen molar-refractivity contribution in [3.05, 3.63) is 75.0 Å². The highest BCUT2D eigenvalue weighted by Gasteiger charge is 2.33. The molecule has 0 spiro atoms. The molecule has 2 heterocycles. The number of aromatic nitrogens is 3. The number of rotatable bonds is 5. The maximum absolute atomic E-state index is 12.9. The van der Waals surface area contributed by atoms with Crippen LogP contribution in [0, 0.1) is 10.1 Å². The van der Waals surface area contributed by atoms with Crippen LogP contribution in [0.15, 0.2) is 53.7 Å². The van der Waals surface area contributed by atoms with Gasteiger partial charge < -0.3 is 15.4 Å². The molecular formula is C20H18N6O5. The number of ether oxygens (including phenoxy) is 1. The quantitative estimate of drug-likeness (QED) is 0.365. The molecule has 2 aromatic carbocycles. The van der Waals surface area contributed by atoms with Crippen LogP contribution in [0.4, 0.5) is 10.5 Å². The van der Waals surface area contributed by atoms with Gasteiger partial charge in [0.25, 0.3) is 5.69 Å². The summed E-state index contributed by atoms with van der Waals surface area (Å²) < 4.78 is 7.12. The molecule has 1 unspecified atom stereocenters. The summed E-state index contributed by atoms with van der Waals surface area (Å²) in [5.74, 6) is -0.652. The molecule has 0 saturated carbocycles. The summed E-state index contributed by atoms with van der Waals surface area (Å²) in [7, 11) is 1.78. The molecule has 0 fully saturated rings. The van der Waals surface area contributed by atoms with Gasteiger partial charge in [-0.1, -0.05) is 23.4 Å². The molecule has 1 aromatic heterocycles. The number of hydrogen-bond donors (Lipinski definition) is 2. The van der Waals surface area contributed by atoms with Crippen LogP contribution >= 0.6 is 0 Å². The van der Waals surface area contributed by atoms with Gasteiger partial charge in [-0.15, -0.1) is 5.10 Å². The third-order valence-corrected chi connectivity index (χ3v) is 4.95. The second kappa shape index (κ2) is 7.86. The highest BCUT2D eigenvalue weighted by molar-refractivity contribution is 5.95. The lowest BCUT2D eigenvalue weighted by atomic mass is 9.95. The Morgan fingerprint density at radius 2 is 2.10 bits per heavy atom. The van der Waals surface area contributed by atoms with Gasteiger partial charge >= 0.3 is 12.0 Å². The molecule has 0 radical (unpaired) electrons. The second-order valence-electron chi connectivity index (χ2n) is 7.03. The third kappa shape index (κ3) is 3.92. The summed E-state index contributed by atoms with van der Waals surface area (Å²) in [6.07, 6.45) is 0. The molecule has 1 aliphatic rings. The minimum atomic E-state index is -0.886. The molecule has 0 saturated heterocycles. The summed E-state index contributed by atoms with van der Waals surface area (Å²) in [5, 5.41) is 24.3. The van der Waals surface area contributed by atoms with Crippen LogP contribution in [-0.2, 0) is 23.2 Å². The molecule has 31 heavy (non-hydrogen) atoms. The number of nitrogens with zero attached hydrogens (tertiary/aromatic N) is 4. The van der Waals surface area contributed by atoms with Crippen LogP contribution in [0.2, 0.25) is 0 Å². The molecule has 1 atom stereocenters. The molecule has 3 aromatic rings. The largest absolute Gasteiger partial charge is 0.457 e. The van der Waals surface area contributed by atoms with Crippen molar-refractivity contribution in [3.63, 3.8) is 0 Å². The highest BCUT2D eigenvalue weighted by atomic mass is 16.6. The minimum Gasteiger partial charge on any atom is -0.457 e. The standard InChI is InChI=1S/C20H18N6O5/c1-11-17(18(22-20(28)21-11)13-4-3-5-14(9-13)26(29)30)19(27)31-10-12-6-7-16-15(8-12)23-24-25(16)2/h3-9,18H,10H2,1-2H3,(H2,21,22,28). The van der Waals surface area contributed by atoms with E-state index in [4.69, 9.17) is 4.74 Å². The number of hydrogen-bond acceptors (Lipinski definition) is 7. The first kappa shape index (κ1) is 20.0. The van der Waals surface area contributed by atoms with Gasteiger partial charge in [0, 0.05) is 24.9 Å². The number of non-ortho nitro benzene ring substituents is 1. The van der Waals surface area contributed by atoms with Crippen molar-refractivity contribution < 1.29 is 19.2 Å². The molecule has 2 amide bonds. The summed E-state index contributed by atoms with van der Waals surface area (Å²) in [6.45, 7) is 1.56. The van der Waals surface area contributed by atoms with Crippen molar-refractivity contribution >= 4 is 28.7 Å². The SMILES string of the molecule is CC1=C(C(=O)OCc2ccc3c(c2)nnn3C)C(c2cccc([N+](=O)[O-])c2)NC(=O)N1. The van der Waals surface area contributed by atoms with Crippen molar-refractivity contribution in [2.24, 2.45) is 7.05 Å². The number of carbonyl (C=O) groups excluding carboxylic acids is 2. The molecule has 11 nitrogen and oxygen atoms in total. The van der Waals surface area contributed by atoms with E-state index in [0.29, 0.717) is 16.8 Å². The minimum absolute atomic E-state index is 0.0161. The van der Waals surface area contributed by atoms with Crippen LogP contribution in [0.5, 0.6) is 0 Å². The first-order valence-corrected chi connectivity index (χ1v) is 9.31. The Balaban J connectivity index is 1.58. The van der Waals surface area contributed by atoms with Crippen molar-refractivity contribution in [1.29, 1.82) is 0 Å². The van der Waals surface area contributed by atoms with E-state index in [1.54, 1.807) is 36.9 Å². The van der Waals surface area contributed by atoms with E-state index in [0.717, 1.165) is 11.1 Å². The summed E-state index contributed by atoms with van der Waals surface area (Å²) in [5.41, 5.74) is 2.98. The molecule has 0 aliphatic carbocycles. The summed E-state index contributed by atoms with van der Waals surface area (Å²) >= 11 is 0. The Bertz CT molecular complexity index is 1250. The van der Waals surface area contributed by atoms with Gasteiger partial charge in [-0.3, -0.25) is 10.1 Å². The number of nitro groups is 1. The fourth-order valence-corrected chi connectivity index (χ4v) is 3.43. The van der Waals surface area contributed by atoms with Crippen LogP contribution in [0.1, 0.15) is 24.1 Å². The Morgan fingerprint density at radius 3 is 2.87 bits per heavy atom. The molecule has 1 aliphatic heterocycles. The molecule has 11 heteroatoms. The number of benzene rings is 2. The van der Waals surface area contributed by atoms with Gasteiger partial charge in [0.15, 0.2) is 0 Å². The first-order chi connectivity index (χ1) is 14.8. The van der Waals surface area contributed by atoms with Crippen molar-refractivity contribution in [3.8, 4) is 0 Å². The molecule has 0 bridgehead atoms. The lowest BCUT2D eigenvalue weighted by Gasteiger charge is -2.28. The highest BCUT2D eigenvalue weighted by Crippen LogP contribution is 2.30. The smallest absolute Gasteiger partial charge is 0.338 e. The van der Waals surface area contributed by atoms with E-state index >= 15 is 0 Å². The third-order valence-electron chi connectivity index (χ3n) is 4.95. The van der Waals surface area contributed by atoms with Gasteiger partial charge in [-0.2, -0.15) is 0 Å². The lowest BCUT2D eigenvalue weighted by Crippen LogP contribution is -2.45. The maximum Gasteiger partial charge on any atom is 0.338 e. The topological polar surface area (TPSA) is 141 Å². The number of carbonyl (C=O) groups is 2. The van der Waals surface area contributed by atoms with Crippen LogP contribution < -0.4 is 10.6 Å². The average Bonchev–Trinajstić information content (AvgIpc) is 3.11. The number of nitrogens with one attached hydrogen (secondary N) is 2. The molecule has 2 N–H and O–H groups in total. The Hall–Kier alpha value is -4.28. The normalized spacial score (nSPS) is 16.1. The second-order valence-corrected chi connectivity index (χ2v) is 7.03. The number of nitro benzene ring substituents is 1. The van der Waals surface area contributed by atoms with Crippen LogP contribution in [-0.4, -0.2) is 31.9 Å². The lowest BCUT2D eigenvalue weighted by molar-refractivity contribution is -0.384. The average molecular weight is 422 g/mol. The summed E-state index contributed by atoms with van der Waals surface area (Å²) in [6, 6.07) is 9.76. The number of amides is 2. The van der Waals surface area contributed by atoms with E-state index in [1.165, 1.54) is 18.2 Å². The van der Waals surface area contributed by atoms with Gasteiger partial charge in [0.2, 0.25) is 0 Å². The summed E-state index contributed by atoms with van der Waals surface area (Å²) in [4.78, 5) is 35.5. The van der Waals surface area contributed by atoms with Gasteiger partial charge in [-0.25, -0.2) is 14.3 Å². The zero-order valence-electron chi connectivity index (χ0n) is 16.7. The van der Waals surface area contributed by atoms with E-state index in [-0.39, 0.29) is 17.9 Å². The van der Waals surface area contributed by atoms with E-state index in [1.807, 2.05) is 6.07 Å². The van der Waals surface area contributed by atoms with Crippen LogP contribution in [0.25, 0.3) is 11.0 Å². The number of esters is 1. The van der Waals surface area contributed by atoms with Gasteiger partial charge in [0.05, 0.1) is 22.1 Å². The first-order valence-electron chi connectivity index (χ1n) is 9.31. The monoisotopic (exact) mass is 422 g/mol. The zero-order valence-corrected chi connectivity index (χ0v) is 16.7. The fourth-order valence-electron chi connectivity index (χ4n) is 3.43. The fraction of sp³-hybridized carbons (Fsp3) is 0.200. The van der Waals surface area contributed by atoms with E-state index in [2.05, 4.69) is 20.9 Å². The maximum atomic E-state index is 12.9.